The first-order valence-corrected chi connectivity index (χ1v) is 11.2. The van der Waals surface area contributed by atoms with Crippen LogP contribution in [0.4, 0.5) is 10.2 Å². The number of anilines is 1. The smallest absolute Gasteiger partial charge is 0.277 e. The average Bonchev–Trinajstić information content (AvgIpc) is 3.38. The Morgan fingerprint density at radius 3 is 2.79 bits per heavy atom. The summed E-state index contributed by atoms with van der Waals surface area (Å²) in [5.74, 6) is 0.193. The molecule has 0 spiro atoms. The molecule has 7 nitrogen and oxygen atoms in total. The molecule has 4 aromatic rings. The molecule has 0 fully saturated rings. The van der Waals surface area contributed by atoms with Crippen LogP contribution in [0.5, 0.6) is 5.75 Å². The first-order valence-electron chi connectivity index (χ1n) is 10.0. The number of carbonyl (C=O) groups is 1. The van der Waals surface area contributed by atoms with E-state index in [1.807, 2.05) is 32.0 Å². The molecule has 0 saturated heterocycles. The van der Waals surface area contributed by atoms with Gasteiger partial charge in [0.15, 0.2) is 18.2 Å². The SMILES string of the molecule is Cc1ccc(C)c(OCn2ccc(C(=O)Nc3nn(Cc4c(F)cccc4Cl)cc3Br)n2)c1. The van der Waals surface area contributed by atoms with Crippen LogP contribution >= 0.6 is 27.5 Å². The number of benzene rings is 2. The third-order valence-electron chi connectivity index (χ3n) is 4.90. The van der Waals surface area contributed by atoms with Crippen LogP contribution in [0.25, 0.3) is 0 Å². The predicted molar refractivity (Wildman–Crippen MR) is 127 cm³/mol. The fourth-order valence-corrected chi connectivity index (χ4v) is 3.77. The summed E-state index contributed by atoms with van der Waals surface area (Å²) in [6.45, 7) is 4.24. The lowest BCUT2D eigenvalue weighted by Crippen LogP contribution is -2.15. The molecule has 170 valence electrons. The largest absolute Gasteiger partial charge is 0.471 e. The fourth-order valence-electron chi connectivity index (χ4n) is 3.13. The Morgan fingerprint density at radius 2 is 2.00 bits per heavy atom. The van der Waals surface area contributed by atoms with Gasteiger partial charge in [-0.3, -0.25) is 9.48 Å². The monoisotopic (exact) mass is 531 g/mol. The second-order valence-electron chi connectivity index (χ2n) is 7.46. The Hall–Kier alpha value is -3.17. The Kier molecular flexibility index (Phi) is 6.80. The number of nitrogens with zero attached hydrogens (tertiary/aromatic N) is 4. The molecule has 2 aromatic carbocycles. The maximum Gasteiger partial charge on any atom is 0.277 e. The minimum absolute atomic E-state index is 0.115. The van der Waals surface area contributed by atoms with Gasteiger partial charge in [0.25, 0.3) is 5.91 Å². The van der Waals surface area contributed by atoms with Crippen molar-refractivity contribution in [2.45, 2.75) is 27.1 Å². The summed E-state index contributed by atoms with van der Waals surface area (Å²) in [4.78, 5) is 12.6. The summed E-state index contributed by atoms with van der Waals surface area (Å²) in [5, 5.41) is 11.6. The number of rotatable bonds is 7. The number of ether oxygens (including phenoxy) is 1. The molecule has 0 aliphatic rings. The van der Waals surface area contributed by atoms with Crippen LogP contribution in [0, 0.1) is 19.7 Å². The normalized spacial score (nSPS) is 10.9. The summed E-state index contributed by atoms with van der Waals surface area (Å²) >= 11 is 9.46. The molecule has 0 radical (unpaired) electrons. The molecule has 10 heteroatoms. The maximum absolute atomic E-state index is 14.1. The number of hydrogen-bond acceptors (Lipinski definition) is 4. The van der Waals surface area contributed by atoms with Crippen molar-refractivity contribution in [3.05, 3.63) is 92.6 Å². The topological polar surface area (TPSA) is 74.0 Å². The molecule has 33 heavy (non-hydrogen) atoms. The summed E-state index contributed by atoms with van der Waals surface area (Å²) in [5.41, 5.74) is 2.63. The zero-order chi connectivity index (χ0) is 23.5. The minimum atomic E-state index is -0.435. The fraction of sp³-hybridized carbons (Fsp3) is 0.174. The highest BCUT2D eigenvalue weighted by molar-refractivity contribution is 9.10. The first-order chi connectivity index (χ1) is 15.8. The molecule has 4 rings (SSSR count). The zero-order valence-electron chi connectivity index (χ0n) is 17.8. The lowest BCUT2D eigenvalue weighted by Gasteiger charge is -2.09. The highest BCUT2D eigenvalue weighted by atomic mass is 79.9. The number of amides is 1. The van der Waals surface area contributed by atoms with Crippen LogP contribution < -0.4 is 10.1 Å². The molecule has 1 amide bonds. The number of nitrogens with one attached hydrogen (secondary N) is 1. The summed E-state index contributed by atoms with van der Waals surface area (Å²) < 4.78 is 23.4. The van der Waals surface area contributed by atoms with E-state index in [9.17, 15) is 9.18 Å². The van der Waals surface area contributed by atoms with Crippen molar-refractivity contribution in [1.82, 2.24) is 19.6 Å². The van der Waals surface area contributed by atoms with Gasteiger partial charge in [-0.05, 0) is 65.2 Å². The molecule has 0 aliphatic heterocycles. The van der Waals surface area contributed by atoms with Crippen molar-refractivity contribution in [1.29, 1.82) is 0 Å². The molecule has 2 aromatic heterocycles. The number of halogens is 3. The predicted octanol–water partition coefficient (Wildman–Crippen LogP) is 5.59. The Bertz CT molecular complexity index is 1300. The molecular formula is C23H20BrClFN5O2. The average molecular weight is 533 g/mol. The van der Waals surface area contributed by atoms with Crippen LogP contribution in [0.1, 0.15) is 27.2 Å². The van der Waals surface area contributed by atoms with E-state index in [1.54, 1.807) is 24.5 Å². The molecule has 2 heterocycles. The highest BCUT2D eigenvalue weighted by Gasteiger charge is 2.16. The number of carbonyl (C=O) groups excluding carboxylic acids is 1. The van der Waals surface area contributed by atoms with Gasteiger partial charge in [0.05, 0.1) is 11.0 Å². The van der Waals surface area contributed by atoms with Crippen molar-refractivity contribution in [3.8, 4) is 5.75 Å². The quantitative estimate of drug-likeness (QED) is 0.337. The Balaban J connectivity index is 1.41. The Morgan fingerprint density at radius 1 is 1.18 bits per heavy atom. The second kappa shape index (κ2) is 9.76. The maximum atomic E-state index is 14.1. The number of hydrogen-bond donors (Lipinski definition) is 1. The third-order valence-corrected chi connectivity index (χ3v) is 5.83. The van der Waals surface area contributed by atoms with Crippen LogP contribution in [0.3, 0.4) is 0 Å². The molecule has 0 unspecified atom stereocenters. The van der Waals surface area contributed by atoms with Gasteiger partial charge in [-0.25, -0.2) is 9.07 Å². The molecule has 0 atom stereocenters. The van der Waals surface area contributed by atoms with E-state index in [-0.39, 0.29) is 24.8 Å². The van der Waals surface area contributed by atoms with Crippen LogP contribution in [-0.4, -0.2) is 25.5 Å². The number of aryl methyl sites for hydroxylation is 2. The Labute approximate surface area is 203 Å². The molecule has 0 aliphatic carbocycles. The van der Waals surface area contributed by atoms with E-state index in [4.69, 9.17) is 16.3 Å². The lowest BCUT2D eigenvalue weighted by atomic mass is 10.1. The molecule has 0 saturated carbocycles. The summed E-state index contributed by atoms with van der Waals surface area (Å²) in [7, 11) is 0. The molecule has 0 bridgehead atoms. The van der Waals surface area contributed by atoms with Gasteiger partial charge in [-0.1, -0.05) is 29.8 Å². The van der Waals surface area contributed by atoms with Gasteiger partial charge >= 0.3 is 0 Å². The lowest BCUT2D eigenvalue weighted by molar-refractivity contribution is 0.101. The van der Waals surface area contributed by atoms with E-state index >= 15 is 0 Å². The molecule has 1 N–H and O–H groups in total. The van der Waals surface area contributed by atoms with Gasteiger partial charge in [0, 0.05) is 23.0 Å². The zero-order valence-corrected chi connectivity index (χ0v) is 20.2. The summed E-state index contributed by atoms with van der Waals surface area (Å²) in [6, 6.07) is 12.0. The van der Waals surface area contributed by atoms with Crippen molar-refractivity contribution in [2.75, 3.05) is 5.32 Å². The van der Waals surface area contributed by atoms with E-state index < -0.39 is 11.7 Å². The van der Waals surface area contributed by atoms with Crippen molar-refractivity contribution in [3.63, 3.8) is 0 Å². The van der Waals surface area contributed by atoms with Crippen molar-refractivity contribution in [2.24, 2.45) is 0 Å². The summed E-state index contributed by atoms with van der Waals surface area (Å²) in [6.07, 6.45) is 3.29. The third kappa shape index (κ3) is 5.43. The van der Waals surface area contributed by atoms with Crippen molar-refractivity contribution >= 4 is 39.3 Å². The van der Waals surface area contributed by atoms with Crippen molar-refractivity contribution < 1.29 is 13.9 Å². The van der Waals surface area contributed by atoms with Gasteiger partial charge in [0.2, 0.25) is 0 Å². The van der Waals surface area contributed by atoms with Crippen LogP contribution in [0.15, 0.2) is 59.3 Å². The first kappa shape index (κ1) is 23.0. The highest BCUT2D eigenvalue weighted by Crippen LogP contribution is 2.24. The van der Waals surface area contributed by atoms with Gasteiger partial charge in [0.1, 0.15) is 11.6 Å². The number of aromatic nitrogens is 4. The van der Waals surface area contributed by atoms with E-state index in [0.29, 0.717) is 15.1 Å². The van der Waals surface area contributed by atoms with Crippen LogP contribution in [-0.2, 0) is 13.3 Å². The minimum Gasteiger partial charge on any atom is -0.471 e. The van der Waals surface area contributed by atoms with Gasteiger partial charge in [-0.2, -0.15) is 10.2 Å². The standard InChI is InChI=1S/C23H20BrClFN5O2/c1-14-6-7-15(2)21(10-14)33-13-30-9-8-20(28-30)23(32)27-22-17(24)12-31(29-22)11-16-18(25)4-3-5-19(16)26/h3-10,12H,11,13H2,1-2H3,(H,27,29,32). The van der Waals surface area contributed by atoms with Crippen LogP contribution in [0.2, 0.25) is 5.02 Å². The van der Waals surface area contributed by atoms with E-state index in [1.165, 1.54) is 21.5 Å². The molecular weight excluding hydrogens is 513 g/mol. The van der Waals surface area contributed by atoms with E-state index in [0.717, 1.165) is 16.9 Å². The van der Waals surface area contributed by atoms with Gasteiger partial charge in [-0.15, -0.1) is 0 Å². The second-order valence-corrected chi connectivity index (χ2v) is 8.72. The van der Waals surface area contributed by atoms with Gasteiger partial charge < -0.3 is 10.1 Å². The van der Waals surface area contributed by atoms with E-state index in [2.05, 4.69) is 31.4 Å².